The summed E-state index contributed by atoms with van der Waals surface area (Å²) in [6.45, 7) is 6.10. The lowest BCUT2D eigenvalue weighted by Crippen LogP contribution is -2.54. The molecule has 0 spiro atoms. The van der Waals surface area contributed by atoms with Crippen LogP contribution in [0.1, 0.15) is 46.1 Å². The molecule has 3 heterocycles. The summed E-state index contributed by atoms with van der Waals surface area (Å²) in [7, 11) is 1.67. The van der Waals surface area contributed by atoms with Crippen LogP contribution in [0.3, 0.4) is 0 Å². The highest BCUT2D eigenvalue weighted by Gasteiger charge is 2.38. The molecular weight excluding hydrogens is 354 g/mol. The van der Waals surface area contributed by atoms with Crippen molar-refractivity contribution >= 4 is 23.2 Å². The molecule has 0 radical (unpaired) electrons. The number of aromatic nitrogens is 1. The highest BCUT2D eigenvalue weighted by atomic mass is 32.1. The molecule has 2 amide bonds. The first kappa shape index (κ1) is 19.3. The fraction of sp³-hybridized carbons (Fsp3) is 0.722. The van der Waals surface area contributed by atoms with E-state index < -0.39 is 5.60 Å². The SMILES string of the molecule is COC1(CNC(=O)c2sc(C)nc2C)CCN(C(=O)[C@H]2CCCO2)CC1. The Morgan fingerprint density at radius 1 is 1.38 bits per heavy atom. The number of nitrogens with one attached hydrogen (secondary N) is 1. The van der Waals surface area contributed by atoms with Crippen molar-refractivity contribution in [2.75, 3.05) is 33.4 Å². The van der Waals surface area contributed by atoms with Gasteiger partial charge in [0.15, 0.2) is 0 Å². The number of thiazole rings is 1. The van der Waals surface area contributed by atoms with Gasteiger partial charge in [0.2, 0.25) is 0 Å². The number of methoxy groups -OCH3 is 1. The zero-order chi connectivity index (χ0) is 18.7. The van der Waals surface area contributed by atoms with Crippen LogP contribution in [-0.2, 0) is 14.3 Å². The summed E-state index contributed by atoms with van der Waals surface area (Å²) < 4.78 is 11.3. The van der Waals surface area contributed by atoms with Gasteiger partial charge < -0.3 is 19.7 Å². The molecule has 144 valence electrons. The molecule has 1 aromatic heterocycles. The van der Waals surface area contributed by atoms with Crippen LogP contribution in [0.15, 0.2) is 0 Å². The lowest BCUT2D eigenvalue weighted by molar-refractivity contribution is -0.146. The molecule has 2 aliphatic rings. The quantitative estimate of drug-likeness (QED) is 0.839. The Bertz CT molecular complexity index is 661. The van der Waals surface area contributed by atoms with Crippen LogP contribution in [0.25, 0.3) is 0 Å². The largest absolute Gasteiger partial charge is 0.376 e. The van der Waals surface area contributed by atoms with Gasteiger partial charge in [0.1, 0.15) is 11.0 Å². The van der Waals surface area contributed by atoms with Crippen molar-refractivity contribution in [3.8, 4) is 0 Å². The lowest BCUT2D eigenvalue weighted by atomic mass is 9.90. The van der Waals surface area contributed by atoms with Gasteiger partial charge in [-0.2, -0.15) is 0 Å². The maximum atomic E-state index is 12.5. The standard InChI is InChI=1S/C18H27N3O4S/c1-12-15(26-13(2)20-12)16(22)19-11-18(24-3)6-8-21(9-7-18)17(23)14-5-4-10-25-14/h14H,4-11H2,1-3H3,(H,19,22)/t14-/m1/s1. The van der Waals surface area contributed by atoms with Gasteiger partial charge >= 0.3 is 0 Å². The predicted molar refractivity (Wildman–Crippen MR) is 98.4 cm³/mol. The molecular formula is C18H27N3O4S. The highest BCUT2D eigenvalue weighted by Crippen LogP contribution is 2.27. The van der Waals surface area contributed by atoms with Crippen LogP contribution < -0.4 is 5.32 Å². The number of carbonyl (C=O) groups excluding carboxylic acids is 2. The summed E-state index contributed by atoms with van der Waals surface area (Å²) in [5.74, 6) is -0.0191. The summed E-state index contributed by atoms with van der Waals surface area (Å²) in [5, 5.41) is 3.88. The van der Waals surface area contributed by atoms with E-state index in [0.29, 0.717) is 44.0 Å². The van der Waals surface area contributed by atoms with E-state index in [1.54, 1.807) is 7.11 Å². The molecule has 7 nitrogen and oxygen atoms in total. The summed E-state index contributed by atoms with van der Waals surface area (Å²) in [6.07, 6.45) is 2.89. The first-order chi connectivity index (χ1) is 12.4. The van der Waals surface area contributed by atoms with Gasteiger partial charge in [-0.3, -0.25) is 9.59 Å². The second-order valence-corrected chi connectivity index (χ2v) is 8.25. The van der Waals surface area contributed by atoms with Crippen LogP contribution in [-0.4, -0.2) is 66.8 Å². The van der Waals surface area contributed by atoms with Crippen LogP contribution in [0.2, 0.25) is 0 Å². The fourth-order valence-electron chi connectivity index (χ4n) is 3.63. The molecule has 2 saturated heterocycles. The number of carbonyl (C=O) groups is 2. The third-order valence-corrected chi connectivity index (χ3v) is 6.38. The Balaban J connectivity index is 1.54. The number of amides is 2. The number of rotatable bonds is 5. The Morgan fingerprint density at radius 3 is 2.65 bits per heavy atom. The molecule has 26 heavy (non-hydrogen) atoms. The normalized spacial score (nSPS) is 22.4. The van der Waals surface area contributed by atoms with E-state index in [1.807, 2.05) is 18.7 Å². The zero-order valence-electron chi connectivity index (χ0n) is 15.7. The molecule has 0 bridgehead atoms. The number of hydrogen-bond donors (Lipinski definition) is 1. The summed E-state index contributed by atoms with van der Waals surface area (Å²) in [5.41, 5.74) is 0.324. The van der Waals surface area contributed by atoms with E-state index in [0.717, 1.165) is 23.5 Å². The van der Waals surface area contributed by atoms with Gasteiger partial charge in [-0.1, -0.05) is 0 Å². The molecule has 0 aliphatic carbocycles. The Hall–Kier alpha value is -1.51. The molecule has 0 unspecified atom stereocenters. The molecule has 3 rings (SSSR count). The molecule has 0 saturated carbocycles. The monoisotopic (exact) mass is 381 g/mol. The van der Waals surface area contributed by atoms with Gasteiger partial charge in [-0.25, -0.2) is 4.98 Å². The molecule has 0 aromatic carbocycles. The number of piperidine rings is 1. The van der Waals surface area contributed by atoms with Gasteiger partial charge in [-0.15, -0.1) is 11.3 Å². The van der Waals surface area contributed by atoms with E-state index in [4.69, 9.17) is 9.47 Å². The Kier molecular flexibility index (Phi) is 5.94. The smallest absolute Gasteiger partial charge is 0.263 e. The molecule has 8 heteroatoms. The van der Waals surface area contributed by atoms with Crippen molar-refractivity contribution in [3.05, 3.63) is 15.6 Å². The first-order valence-electron chi connectivity index (χ1n) is 9.12. The van der Waals surface area contributed by atoms with Crippen LogP contribution in [0.4, 0.5) is 0 Å². The Labute approximate surface area is 158 Å². The maximum absolute atomic E-state index is 12.5. The second kappa shape index (κ2) is 8.02. The average molecular weight is 381 g/mol. The zero-order valence-corrected chi connectivity index (χ0v) is 16.5. The van der Waals surface area contributed by atoms with Gasteiger partial charge in [-0.05, 0) is 39.5 Å². The predicted octanol–water partition coefficient (Wildman–Crippen LogP) is 1.68. The third kappa shape index (κ3) is 4.07. The summed E-state index contributed by atoms with van der Waals surface area (Å²) in [6, 6.07) is 0. The topological polar surface area (TPSA) is 80.8 Å². The fourth-order valence-corrected chi connectivity index (χ4v) is 4.46. The van der Waals surface area contributed by atoms with Crippen molar-refractivity contribution in [2.45, 2.75) is 51.2 Å². The van der Waals surface area contributed by atoms with E-state index >= 15 is 0 Å². The minimum absolute atomic E-state index is 0.0898. The molecule has 2 fully saturated rings. The number of hydrogen-bond acceptors (Lipinski definition) is 6. The molecule has 2 aliphatic heterocycles. The van der Waals surface area contributed by atoms with E-state index in [2.05, 4.69) is 10.3 Å². The van der Waals surface area contributed by atoms with Gasteiger partial charge in [0.25, 0.3) is 11.8 Å². The highest BCUT2D eigenvalue weighted by molar-refractivity contribution is 7.13. The number of aryl methyl sites for hydroxylation is 2. The van der Waals surface area contributed by atoms with Crippen LogP contribution in [0, 0.1) is 13.8 Å². The van der Waals surface area contributed by atoms with E-state index in [9.17, 15) is 9.59 Å². The van der Waals surface area contributed by atoms with Gasteiger partial charge in [0, 0.05) is 33.4 Å². The average Bonchev–Trinajstić information content (AvgIpc) is 3.29. The molecule has 1 N–H and O–H groups in total. The number of likely N-dealkylation sites (tertiary alicyclic amines) is 1. The number of nitrogens with zero attached hydrogens (tertiary/aromatic N) is 2. The summed E-state index contributed by atoms with van der Waals surface area (Å²) >= 11 is 1.40. The first-order valence-corrected chi connectivity index (χ1v) is 9.93. The summed E-state index contributed by atoms with van der Waals surface area (Å²) in [4.78, 5) is 31.7. The number of ether oxygens (including phenoxy) is 2. The molecule has 1 atom stereocenters. The van der Waals surface area contributed by atoms with Crippen molar-refractivity contribution in [1.82, 2.24) is 15.2 Å². The van der Waals surface area contributed by atoms with Gasteiger partial charge in [0.05, 0.1) is 16.3 Å². The van der Waals surface area contributed by atoms with Crippen molar-refractivity contribution < 1.29 is 19.1 Å². The maximum Gasteiger partial charge on any atom is 0.263 e. The van der Waals surface area contributed by atoms with Crippen molar-refractivity contribution in [3.63, 3.8) is 0 Å². The Morgan fingerprint density at radius 2 is 2.12 bits per heavy atom. The lowest BCUT2D eigenvalue weighted by Gasteiger charge is -2.41. The van der Waals surface area contributed by atoms with Crippen LogP contribution in [0.5, 0.6) is 0 Å². The molecule has 1 aromatic rings. The van der Waals surface area contributed by atoms with E-state index in [-0.39, 0.29) is 17.9 Å². The minimum atomic E-state index is -0.434. The van der Waals surface area contributed by atoms with Crippen molar-refractivity contribution in [2.24, 2.45) is 0 Å². The van der Waals surface area contributed by atoms with Crippen molar-refractivity contribution in [1.29, 1.82) is 0 Å². The minimum Gasteiger partial charge on any atom is -0.376 e. The van der Waals surface area contributed by atoms with E-state index in [1.165, 1.54) is 11.3 Å². The second-order valence-electron chi connectivity index (χ2n) is 7.04. The van der Waals surface area contributed by atoms with Crippen LogP contribution >= 0.6 is 11.3 Å². The third-order valence-electron chi connectivity index (χ3n) is 5.31.